The second-order valence-electron chi connectivity index (χ2n) is 4.76. The summed E-state index contributed by atoms with van der Waals surface area (Å²) in [6.45, 7) is 4.42. The zero-order valence-corrected chi connectivity index (χ0v) is 12.2. The SMILES string of the molecule is CCc1cccc(NC)c1OCc1cc(F)ccc1C. The summed E-state index contributed by atoms with van der Waals surface area (Å²) in [5.74, 6) is 0.618. The zero-order valence-electron chi connectivity index (χ0n) is 12.2. The standard InChI is InChI=1S/C17H20FNO/c1-4-13-6-5-7-16(19-3)17(13)20-11-14-10-15(18)9-8-12(14)2/h5-10,19H,4,11H2,1-3H3. The molecule has 0 unspecified atom stereocenters. The van der Waals surface area contributed by atoms with Crippen LogP contribution in [0.1, 0.15) is 23.6 Å². The summed E-state index contributed by atoms with van der Waals surface area (Å²) in [5.41, 5.74) is 4.01. The van der Waals surface area contributed by atoms with Gasteiger partial charge in [-0.3, -0.25) is 0 Å². The smallest absolute Gasteiger partial charge is 0.146 e. The van der Waals surface area contributed by atoms with Crippen LogP contribution in [0.4, 0.5) is 10.1 Å². The second kappa shape index (κ2) is 6.42. The minimum Gasteiger partial charge on any atom is -0.486 e. The van der Waals surface area contributed by atoms with Gasteiger partial charge in [-0.05, 0) is 48.2 Å². The Labute approximate surface area is 119 Å². The van der Waals surface area contributed by atoms with Gasteiger partial charge in [-0.25, -0.2) is 4.39 Å². The van der Waals surface area contributed by atoms with Crippen molar-refractivity contribution in [3.8, 4) is 5.75 Å². The number of hydrogen-bond donors (Lipinski definition) is 1. The summed E-state index contributed by atoms with van der Waals surface area (Å²) in [7, 11) is 1.87. The molecule has 2 aromatic carbocycles. The van der Waals surface area contributed by atoms with Gasteiger partial charge in [-0.15, -0.1) is 0 Å². The molecule has 0 saturated heterocycles. The number of para-hydroxylation sites is 1. The van der Waals surface area contributed by atoms with E-state index in [1.807, 2.05) is 26.1 Å². The van der Waals surface area contributed by atoms with E-state index in [-0.39, 0.29) is 5.82 Å². The fourth-order valence-electron chi connectivity index (χ4n) is 2.18. The molecule has 0 atom stereocenters. The van der Waals surface area contributed by atoms with Crippen LogP contribution in [0.15, 0.2) is 36.4 Å². The van der Waals surface area contributed by atoms with Crippen LogP contribution in [0.3, 0.4) is 0 Å². The summed E-state index contributed by atoms with van der Waals surface area (Å²) in [6, 6.07) is 10.8. The molecule has 2 aromatic rings. The molecule has 0 fully saturated rings. The highest BCUT2D eigenvalue weighted by molar-refractivity contribution is 5.60. The van der Waals surface area contributed by atoms with E-state index in [2.05, 4.69) is 18.3 Å². The van der Waals surface area contributed by atoms with Gasteiger partial charge in [0.05, 0.1) is 5.69 Å². The lowest BCUT2D eigenvalue weighted by molar-refractivity contribution is 0.303. The highest BCUT2D eigenvalue weighted by Crippen LogP contribution is 2.30. The van der Waals surface area contributed by atoms with Gasteiger partial charge in [0, 0.05) is 7.05 Å². The number of benzene rings is 2. The molecule has 2 nitrogen and oxygen atoms in total. The van der Waals surface area contributed by atoms with E-state index < -0.39 is 0 Å². The summed E-state index contributed by atoms with van der Waals surface area (Å²) < 4.78 is 19.2. The number of rotatable bonds is 5. The van der Waals surface area contributed by atoms with Crippen LogP contribution < -0.4 is 10.1 Å². The first-order chi connectivity index (χ1) is 9.65. The molecule has 3 heteroatoms. The molecule has 0 radical (unpaired) electrons. The number of hydrogen-bond acceptors (Lipinski definition) is 2. The van der Waals surface area contributed by atoms with Crippen molar-refractivity contribution in [1.29, 1.82) is 0 Å². The average molecular weight is 273 g/mol. The number of halogens is 1. The maximum atomic E-state index is 13.3. The Morgan fingerprint density at radius 1 is 1.15 bits per heavy atom. The first-order valence-electron chi connectivity index (χ1n) is 6.83. The quantitative estimate of drug-likeness (QED) is 0.876. The molecule has 20 heavy (non-hydrogen) atoms. The fourth-order valence-corrected chi connectivity index (χ4v) is 2.18. The van der Waals surface area contributed by atoms with Crippen LogP contribution in [-0.4, -0.2) is 7.05 Å². The predicted octanol–water partition coefficient (Wildman–Crippen LogP) is 4.32. The molecule has 0 aliphatic heterocycles. The van der Waals surface area contributed by atoms with Crippen molar-refractivity contribution in [2.75, 3.05) is 12.4 Å². The molecular formula is C17H20FNO. The van der Waals surface area contributed by atoms with Crippen LogP contribution in [0, 0.1) is 12.7 Å². The fraction of sp³-hybridized carbons (Fsp3) is 0.294. The molecule has 0 spiro atoms. The Morgan fingerprint density at radius 3 is 2.65 bits per heavy atom. The highest BCUT2D eigenvalue weighted by Gasteiger charge is 2.09. The molecular weight excluding hydrogens is 253 g/mol. The molecule has 2 rings (SSSR count). The van der Waals surface area contributed by atoms with E-state index >= 15 is 0 Å². The van der Waals surface area contributed by atoms with Crippen molar-refractivity contribution in [3.63, 3.8) is 0 Å². The summed E-state index contributed by atoms with van der Waals surface area (Å²) in [6.07, 6.45) is 0.896. The van der Waals surface area contributed by atoms with Gasteiger partial charge in [0.15, 0.2) is 0 Å². The van der Waals surface area contributed by atoms with E-state index in [4.69, 9.17) is 4.74 Å². The maximum Gasteiger partial charge on any atom is 0.146 e. The Kier molecular flexibility index (Phi) is 4.61. The third-order valence-electron chi connectivity index (χ3n) is 3.43. The van der Waals surface area contributed by atoms with E-state index in [0.29, 0.717) is 6.61 Å². The lowest BCUT2D eigenvalue weighted by Gasteiger charge is -2.16. The summed E-state index contributed by atoms with van der Waals surface area (Å²) >= 11 is 0. The van der Waals surface area contributed by atoms with E-state index in [9.17, 15) is 4.39 Å². The molecule has 0 bridgehead atoms. The molecule has 1 N–H and O–H groups in total. The Balaban J connectivity index is 2.24. The van der Waals surface area contributed by atoms with E-state index in [1.54, 1.807) is 6.07 Å². The van der Waals surface area contributed by atoms with E-state index in [1.165, 1.54) is 12.1 Å². The molecule has 106 valence electrons. The van der Waals surface area contributed by atoms with Gasteiger partial charge in [-0.2, -0.15) is 0 Å². The number of aryl methyl sites for hydroxylation is 2. The monoisotopic (exact) mass is 273 g/mol. The van der Waals surface area contributed by atoms with Crippen molar-refractivity contribution in [1.82, 2.24) is 0 Å². The molecule has 0 aliphatic rings. The normalized spacial score (nSPS) is 10.4. The lowest BCUT2D eigenvalue weighted by Crippen LogP contribution is -2.03. The van der Waals surface area contributed by atoms with Crippen LogP contribution >= 0.6 is 0 Å². The van der Waals surface area contributed by atoms with Gasteiger partial charge in [0.1, 0.15) is 18.2 Å². The maximum absolute atomic E-state index is 13.3. The van der Waals surface area contributed by atoms with Crippen LogP contribution in [0.2, 0.25) is 0 Å². The van der Waals surface area contributed by atoms with Gasteiger partial charge in [0.2, 0.25) is 0 Å². The third-order valence-corrected chi connectivity index (χ3v) is 3.43. The van der Waals surface area contributed by atoms with Gasteiger partial charge >= 0.3 is 0 Å². The van der Waals surface area contributed by atoms with Crippen molar-refractivity contribution < 1.29 is 9.13 Å². The van der Waals surface area contributed by atoms with Gasteiger partial charge in [0.25, 0.3) is 0 Å². The minimum atomic E-state index is -0.230. The summed E-state index contributed by atoms with van der Waals surface area (Å²) in [5, 5.41) is 3.13. The average Bonchev–Trinajstić information content (AvgIpc) is 2.47. The van der Waals surface area contributed by atoms with Gasteiger partial charge in [-0.1, -0.05) is 25.1 Å². The molecule has 0 heterocycles. The number of nitrogens with one attached hydrogen (secondary N) is 1. The Hall–Kier alpha value is -2.03. The van der Waals surface area contributed by atoms with Crippen LogP contribution in [0.25, 0.3) is 0 Å². The number of anilines is 1. The molecule has 0 aromatic heterocycles. The lowest BCUT2D eigenvalue weighted by atomic mass is 10.1. The van der Waals surface area contributed by atoms with Crippen LogP contribution in [0.5, 0.6) is 5.75 Å². The van der Waals surface area contributed by atoms with Crippen molar-refractivity contribution >= 4 is 5.69 Å². The first-order valence-corrected chi connectivity index (χ1v) is 6.83. The van der Waals surface area contributed by atoms with Crippen molar-refractivity contribution in [3.05, 3.63) is 58.9 Å². The Bertz CT molecular complexity index is 573. The molecule has 0 amide bonds. The first kappa shape index (κ1) is 14.4. The highest BCUT2D eigenvalue weighted by atomic mass is 19.1. The van der Waals surface area contributed by atoms with Crippen LogP contribution in [-0.2, 0) is 13.0 Å². The topological polar surface area (TPSA) is 21.3 Å². The van der Waals surface area contributed by atoms with Crippen molar-refractivity contribution in [2.45, 2.75) is 26.9 Å². The van der Waals surface area contributed by atoms with Crippen molar-refractivity contribution in [2.24, 2.45) is 0 Å². The number of ether oxygens (including phenoxy) is 1. The predicted molar refractivity (Wildman–Crippen MR) is 80.8 cm³/mol. The summed E-state index contributed by atoms with van der Waals surface area (Å²) in [4.78, 5) is 0. The van der Waals surface area contributed by atoms with E-state index in [0.717, 1.165) is 34.5 Å². The third kappa shape index (κ3) is 3.10. The molecule has 0 aliphatic carbocycles. The Morgan fingerprint density at radius 2 is 1.95 bits per heavy atom. The second-order valence-corrected chi connectivity index (χ2v) is 4.76. The minimum absolute atomic E-state index is 0.230. The molecule has 0 saturated carbocycles. The largest absolute Gasteiger partial charge is 0.486 e. The zero-order chi connectivity index (χ0) is 14.5. The van der Waals surface area contributed by atoms with Gasteiger partial charge < -0.3 is 10.1 Å².